The van der Waals surface area contributed by atoms with E-state index in [0.717, 1.165) is 16.7 Å². The third-order valence-electron chi connectivity index (χ3n) is 3.24. The fourth-order valence-corrected chi connectivity index (χ4v) is 2.04. The normalized spacial score (nSPS) is 10.3. The van der Waals surface area contributed by atoms with Gasteiger partial charge in [0.2, 0.25) is 11.8 Å². The second kappa shape index (κ2) is 6.35. The zero-order valence-electron chi connectivity index (χ0n) is 12.6. The van der Waals surface area contributed by atoms with Gasteiger partial charge >= 0.3 is 0 Å². The summed E-state index contributed by atoms with van der Waals surface area (Å²) in [5.74, 6) is 0.371. The van der Waals surface area contributed by atoms with Crippen molar-refractivity contribution in [3.63, 3.8) is 0 Å². The van der Waals surface area contributed by atoms with E-state index in [1.54, 1.807) is 0 Å². The van der Waals surface area contributed by atoms with Crippen molar-refractivity contribution in [1.82, 2.24) is 9.97 Å². The van der Waals surface area contributed by atoms with Crippen LogP contribution in [0.5, 0.6) is 11.8 Å². The van der Waals surface area contributed by atoms with Crippen LogP contribution in [0.25, 0.3) is 0 Å². The largest absolute Gasteiger partial charge is 0.480 e. The molecule has 0 bridgehead atoms. The van der Waals surface area contributed by atoms with Crippen molar-refractivity contribution in [2.75, 3.05) is 14.2 Å². The first-order chi connectivity index (χ1) is 10.0. The van der Waals surface area contributed by atoms with Gasteiger partial charge in [-0.2, -0.15) is 4.98 Å². The molecule has 0 saturated carbocycles. The number of ether oxygens (including phenoxy) is 2. The summed E-state index contributed by atoms with van der Waals surface area (Å²) in [6.07, 6.45) is 1.68. The summed E-state index contributed by atoms with van der Waals surface area (Å²) in [5.41, 5.74) is 3.41. The van der Waals surface area contributed by atoms with Crippen LogP contribution in [0.4, 0.5) is 0 Å². The van der Waals surface area contributed by atoms with Crippen LogP contribution in [0.3, 0.4) is 0 Å². The Balaban J connectivity index is 2.30. The number of ketones is 1. The van der Waals surface area contributed by atoms with Gasteiger partial charge in [-0.15, -0.1) is 0 Å². The van der Waals surface area contributed by atoms with E-state index in [0.29, 0.717) is 5.88 Å². The topological polar surface area (TPSA) is 61.3 Å². The molecule has 1 heterocycles. The van der Waals surface area contributed by atoms with E-state index in [9.17, 15) is 4.79 Å². The molecule has 1 aromatic carbocycles. The maximum atomic E-state index is 12.4. The first kappa shape index (κ1) is 15.0. The van der Waals surface area contributed by atoms with Gasteiger partial charge in [0.25, 0.3) is 0 Å². The van der Waals surface area contributed by atoms with E-state index in [2.05, 4.69) is 9.97 Å². The Kier molecular flexibility index (Phi) is 4.52. The second-order valence-electron chi connectivity index (χ2n) is 4.80. The van der Waals surface area contributed by atoms with E-state index >= 15 is 0 Å². The highest BCUT2D eigenvalue weighted by atomic mass is 16.5. The smallest absolute Gasteiger partial charge is 0.246 e. The first-order valence-corrected chi connectivity index (χ1v) is 6.59. The van der Waals surface area contributed by atoms with Gasteiger partial charge in [0, 0.05) is 6.42 Å². The number of aryl methyl sites for hydroxylation is 2. The molecular weight excluding hydrogens is 268 g/mol. The third kappa shape index (κ3) is 3.37. The van der Waals surface area contributed by atoms with Gasteiger partial charge in [-0.1, -0.05) is 23.8 Å². The summed E-state index contributed by atoms with van der Waals surface area (Å²) in [6, 6.07) is 6.04. The number of hydrogen-bond acceptors (Lipinski definition) is 5. The van der Waals surface area contributed by atoms with Crippen LogP contribution in [0.1, 0.15) is 27.2 Å². The lowest BCUT2D eigenvalue weighted by Crippen LogP contribution is -2.11. The Morgan fingerprint density at radius 3 is 2.62 bits per heavy atom. The van der Waals surface area contributed by atoms with Crippen molar-refractivity contribution in [3.8, 4) is 11.8 Å². The molecule has 0 amide bonds. The summed E-state index contributed by atoms with van der Waals surface area (Å²) in [6.45, 7) is 3.99. The fourth-order valence-electron chi connectivity index (χ4n) is 2.04. The molecule has 0 unspecified atom stereocenters. The average Bonchev–Trinajstić information content (AvgIpc) is 2.50. The lowest BCUT2D eigenvalue weighted by molar-refractivity contribution is 0.0983. The molecule has 0 aliphatic heterocycles. The fraction of sp³-hybridized carbons (Fsp3) is 0.312. The number of Topliss-reactive ketones (excluding diaryl/α,β-unsaturated/α-hetero) is 1. The SMILES string of the molecule is COc1cnc(C(=O)Cc2cc(C)ccc2C)c(OC)n1. The number of carbonyl (C=O) groups excluding carboxylic acids is 1. The standard InChI is InChI=1S/C16H18N2O3/c1-10-5-6-11(2)12(7-10)8-13(19)15-16(21-4)18-14(20-3)9-17-15/h5-7,9H,8H2,1-4H3. The molecule has 0 atom stereocenters. The molecule has 1 aromatic heterocycles. The molecule has 0 radical (unpaired) electrons. The molecule has 0 fully saturated rings. The van der Waals surface area contributed by atoms with Crippen molar-refractivity contribution in [2.24, 2.45) is 0 Å². The zero-order valence-corrected chi connectivity index (χ0v) is 12.6. The van der Waals surface area contributed by atoms with Crippen molar-refractivity contribution in [3.05, 3.63) is 46.8 Å². The summed E-state index contributed by atoms with van der Waals surface area (Å²) < 4.78 is 10.1. The van der Waals surface area contributed by atoms with E-state index in [1.807, 2.05) is 32.0 Å². The minimum absolute atomic E-state index is 0.129. The van der Waals surface area contributed by atoms with Crippen LogP contribution in [0, 0.1) is 13.8 Å². The van der Waals surface area contributed by atoms with Crippen LogP contribution in [-0.4, -0.2) is 30.0 Å². The number of benzene rings is 1. The molecule has 5 nitrogen and oxygen atoms in total. The van der Waals surface area contributed by atoms with Gasteiger partial charge in [0.1, 0.15) is 0 Å². The highest BCUT2D eigenvalue weighted by molar-refractivity contribution is 5.97. The van der Waals surface area contributed by atoms with Crippen LogP contribution in [0.15, 0.2) is 24.4 Å². The van der Waals surface area contributed by atoms with Gasteiger partial charge in [0.05, 0.1) is 20.4 Å². The molecule has 21 heavy (non-hydrogen) atoms. The van der Waals surface area contributed by atoms with Gasteiger partial charge in [-0.25, -0.2) is 4.98 Å². The molecule has 5 heteroatoms. The minimum Gasteiger partial charge on any atom is -0.480 e. The van der Waals surface area contributed by atoms with Crippen LogP contribution < -0.4 is 9.47 Å². The summed E-state index contributed by atoms with van der Waals surface area (Å²) >= 11 is 0. The van der Waals surface area contributed by atoms with Crippen molar-refractivity contribution in [2.45, 2.75) is 20.3 Å². The zero-order chi connectivity index (χ0) is 15.4. The number of methoxy groups -OCH3 is 2. The summed E-state index contributed by atoms with van der Waals surface area (Å²) in [4.78, 5) is 20.6. The molecule has 0 saturated heterocycles. The second-order valence-corrected chi connectivity index (χ2v) is 4.80. The number of aromatic nitrogens is 2. The third-order valence-corrected chi connectivity index (χ3v) is 3.24. The Morgan fingerprint density at radius 2 is 1.95 bits per heavy atom. The molecule has 0 aliphatic carbocycles. The maximum Gasteiger partial charge on any atom is 0.246 e. The van der Waals surface area contributed by atoms with E-state index < -0.39 is 0 Å². The highest BCUT2D eigenvalue weighted by Crippen LogP contribution is 2.20. The quantitative estimate of drug-likeness (QED) is 0.790. The van der Waals surface area contributed by atoms with E-state index in [1.165, 1.54) is 20.4 Å². The number of hydrogen-bond donors (Lipinski definition) is 0. The van der Waals surface area contributed by atoms with Crippen LogP contribution in [-0.2, 0) is 6.42 Å². The average molecular weight is 286 g/mol. The highest BCUT2D eigenvalue weighted by Gasteiger charge is 2.18. The Labute approximate surface area is 124 Å². The number of carbonyl (C=O) groups is 1. The number of nitrogens with zero attached hydrogens (tertiary/aromatic N) is 2. The van der Waals surface area contributed by atoms with Crippen molar-refractivity contribution in [1.29, 1.82) is 0 Å². The Hall–Kier alpha value is -2.43. The molecule has 2 rings (SSSR count). The monoisotopic (exact) mass is 286 g/mol. The van der Waals surface area contributed by atoms with E-state index in [-0.39, 0.29) is 23.8 Å². The molecule has 0 aliphatic rings. The summed E-state index contributed by atoms with van der Waals surface area (Å²) in [7, 11) is 2.94. The van der Waals surface area contributed by atoms with Gasteiger partial charge < -0.3 is 9.47 Å². The minimum atomic E-state index is -0.129. The molecule has 0 spiro atoms. The van der Waals surface area contributed by atoms with Crippen LogP contribution in [0.2, 0.25) is 0 Å². The lowest BCUT2D eigenvalue weighted by Gasteiger charge is -2.09. The lowest BCUT2D eigenvalue weighted by atomic mass is 10.00. The van der Waals surface area contributed by atoms with Crippen molar-refractivity contribution >= 4 is 5.78 Å². The molecule has 110 valence electrons. The van der Waals surface area contributed by atoms with Gasteiger partial charge in [-0.05, 0) is 25.0 Å². The predicted molar refractivity (Wildman–Crippen MR) is 79.1 cm³/mol. The van der Waals surface area contributed by atoms with Crippen LogP contribution >= 0.6 is 0 Å². The van der Waals surface area contributed by atoms with Gasteiger partial charge in [0.15, 0.2) is 11.5 Å². The van der Waals surface area contributed by atoms with Crippen molar-refractivity contribution < 1.29 is 14.3 Å². The van der Waals surface area contributed by atoms with Gasteiger partial charge in [-0.3, -0.25) is 4.79 Å². The van der Waals surface area contributed by atoms with E-state index in [4.69, 9.17) is 9.47 Å². The Bertz CT molecular complexity index is 669. The molecule has 2 aromatic rings. The number of rotatable bonds is 5. The molecule has 0 N–H and O–H groups in total. The Morgan fingerprint density at radius 1 is 1.19 bits per heavy atom. The summed E-state index contributed by atoms with van der Waals surface area (Å²) in [5, 5.41) is 0. The maximum absolute atomic E-state index is 12.4. The predicted octanol–water partition coefficient (Wildman–Crippen LogP) is 2.54. The molecular formula is C16H18N2O3. The first-order valence-electron chi connectivity index (χ1n) is 6.59.